The molecule has 2 heterocycles. The van der Waals surface area contributed by atoms with Crippen LogP contribution in [-0.4, -0.2) is 24.8 Å². The van der Waals surface area contributed by atoms with Crippen LogP contribution in [0.15, 0.2) is 69.6 Å². The number of thiazole rings is 1. The average Bonchev–Trinajstić information content (AvgIpc) is 3.12. The van der Waals surface area contributed by atoms with Crippen molar-refractivity contribution in [3.05, 3.63) is 96.2 Å². The minimum absolute atomic E-state index is 0.201. The Hall–Kier alpha value is -3.45. The number of benzene rings is 2. The fraction of sp³-hybridized carbons (Fsp3) is 0.269. The molecular weight excluding hydrogens is 436 g/mol. The second-order valence-electron chi connectivity index (χ2n) is 8.17. The number of ether oxygens (including phenoxy) is 2. The number of fused-ring (bicyclic) bond motifs is 1. The zero-order chi connectivity index (χ0) is 23.7. The van der Waals surface area contributed by atoms with Crippen LogP contribution in [0, 0.1) is 0 Å². The summed E-state index contributed by atoms with van der Waals surface area (Å²) in [5.41, 5.74) is 3.59. The van der Waals surface area contributed by atoms with E-state index in [1.54, 1.807) is 18.6 Å². The first-order valence-electron chi connectivity index (χ1n) is 10.7. The number of aromatic nitrogens is 1. The van der Waals surface area contributed by atoms with Crippen LogP contribution in [0.25, 0.3) is 6.08 Å². The molecule has 0 N–H and O–H groups in total. The van der Waals surface area contributed by atoms with Crippen molar-refractivity contribution in [1.29, 1.82) is 0 Å². The lowest BCUT2D eigenvalue weighted by molar-refractivity contribution is -0.136. The quantitative estimate of drug-likeness (QED) is 0.544. The van der Waals surface area contributed by atoms with Crippen LogP contribution in [0.3, 0.4) is 0 Å². The smallest absolute Gasteiger partial charge is 0.338 e. The van der Waals surface area contributed by atoms with E-state index >= 15 is 0 Å². The van der Waals surface area contributed by atoms with E-state index in [0.717, 1.165) is 11.1 Å². The van der Waals surface area contributed by atoms with Crippen molar-refractivity contribution in [3.63, 3.8) is 0 Å². The first kappa shape index (κ1) is 22.7. The topological polar surface area (TPSA) is 69.9 Å². The molecule has 1 unspecified atom stereocenters. The lowest BCUT2D eigenvalue weighted by Crippen LogP contribution is -2.39. The predicted octanol–water partition coefficient (Wildman–Crippen LogP) is 3.54. The molecule has 0 bridgehead atoms. The molecule has 1 aliphatic heterocycles. The van der Waals surface area contributed by atoms with Crippen LogP contribution < -0.4 is 19.6 Å². The van der Waals surface area contributed by atoms with E-state index < -0.39 is 12.0 Å². The van der Waals surface area contributed by atoms with E-state index in [4.69, 9.17) is 9.47 Å². The Bertz CT molecular complexity index is 1410. The number of esters is 1. The number of methoxy groups -OCH3 is 2. The molecule has 6 nitrogen and oxygen atoms in total. The monoisotopic (exact) mass is 462 g/mol. The fourth-order valence-corrected chi connectivity index (χ4v) is 5.00. The second kappa shape index (κ2) is 9.19. The number of carbonyl (C=O) groups excluding carboxylic acids is 1. The minimum atomic E-state index is -0.609. The van der Waals surface area contributed by atoms with Crippen molar-refractivity contribution < 1.29 is 14.3 Å². The Balaban J connectivity index is 1.93. The Morgan fingerprint density at radius 3 is 2.52 bits per heavy atom. The van der Waals surface area contributed by atoms with Gasteiger partial charge in [-0.3, -0.25) is 9.36 Å². The summed E-state index contributed by atoms with van der Waals surface area (Å²) >= 11 is 1.30. The Morgan fingerprint density at radius 1 is 1.15 bits per heavy atom. The minimum Gasteiger partial charge on any atom is -0.497 e. The maximum atomic E-state index is 13.6. The van der Waals surface area contributed by atoms with Crippen molar-refractivity contribution in [1.82, 2.24) is 4.57 Å². The Kier molecular flexibility index (Phi) is 6.33. The van der Waals surface area contributed by atoms with Crippen LogP contribution in [-0.2, 0) is 9.53 Å². The molecule has 3 aromatic rings. The highest BCUT2D eigenvalue weighted by Gasteiger charge is 2.33. The number of rotatable bonds is 5. The third kappa shape index (κ3) is 4.28. The lowest BCUT2D eigenvalue weighted by Gasteiger charge is -2.24. The SMILES string of the molecule is COC(=O)C1=C(C)N=c2s/c(=C/c3cccc(OC)c3)c(=O)n2C1c1ccc(C(C)C)cc1. The van der Waals surface area contributed by atoms with Gasteiger partial charge >= 0.3 is 5.97 Å². The fourth-order valence-electron chi connectivity index (χ4n) is 3.95. The summed E-state index contributed by atoms with van der Waals surface area (Å²) in [5.74, 6) is 0.598. The first-order chi connectivity index (χ1) is 15.8. The summed E-state index contributed by atoms with van der Waals surface area (Å²) in [5, 5.41) is 0. The van der Waals surface area contributed by atoms with Crippen molar-refractivity contribution in [3.8, 4) is 5.75 Å². The highest BCUT2D eigenvalue weighted by atomic mass is 32.1. The van der Waals surface area contributed by atoms with E-state index in [-0.39, 0.29) is 5.56 Å². The van der Waals surface area contributed by atoms with E-state index in [1.165, 1.54) is 24.0 Å². The number of nitrogens with zero attached hydrogens (tertiary/aromatic N) is 2. The van der Waals surface area contributed by atoms with Gasteiger partial charge in [0.15, 0.2) is 4.80 Å². The van der Waals surface area contributed by atoms with Gasteiger partial charge in [-0.1, -0.05) is 61.6 Å². The molecule has 7 heteroatoms. The Morgan fingerprint density at radius 2 is 1.88 bits per heavy atom. The number of allylic oxidation sites excluding steroid dienone is 1. The van der Waals surface area contributed by atoms with Crippen LogP contribution in [0.1, 0.15) is 49.4 Å². The predicted molar refractivity (Wildman–Crippen MR) is 129 cm³/mol. The van der Waals surface area contributed by atoms with E-state index in [1.807, 2.05) is 54.6 Å². The maximum absolute atomic E-state index is 13.6. The first-order valence-corrected chi connectivity index (χ1v) is 11.5. The van der Waals surface area contributed by atoms with Gasteiger partial charge in [-0.15, -0.1) is 0 Å². The summed E-state index contributed by atoms with van der Waals surface area (Å²) in [4.78, 5) is 31.5. The van der Waals surface area contributed by atoms with Gasteiger partial charge in [0.05, 0.1) is 36.1 Å². The molecule has 0 saturated heterocycles. The molecular formula is C26H26N2O4S. The van der Waals surface area contributed by atoms with Crippen molar-refractivity contribution in [2.45, 2.75) is 32.7 Å². The molecule has 1 aliphatic rings. The number of hydrogen-bond donors (Lipinski definition) is 0. The van der Waals surface area contributed by atoms with Crippen LogP contribution >= 0.6 is 11.3 Å². The summed E-state index contributed by atoms with van der Waals surface area (Å²) in [6.45, 7) is 6.03. The zero-order valence-corrected chi connectivity index (χ0v) is 20.1. The molecule has 170 valence electrons. The number of carbonyl (C=O) groups is 1. The molecule has 33 heavy (non-hydrogen) atoms. The standard InChI is InChI=1S/C26H26N2O4S/c1-15(2)18-9-11-19(12-10-18)23-22(25(30)32-5)16(3)27-26-28(23)24(29)21(33-26)14-17-7-6-8-20(13-17)31-4/h6-15,23H,1-5H3/b21-14+. The van der Waals surface area contributed by atoms with Gasteiger partial charge in [-0.2, -0.15) is 0 Å². The van der Waals surface area contributed by atoms with Gasteiger partial charge in [0.2, 0.25) is 0 Å². The summed E-state index contributed by atoms with van der Waals surface area (Å²) in [7, 11) is 2.95. The summed E-state index contributed by atoms with van der Waals surface area (Å²) in [6.07, 6.45) is 1.82. The van der Waals surface area contributed by atoms with Gasteiger partial charge in [0, 0.05) is 0 Å². The van der Waals surface area contributed by atoms with Crippen molar-refractivity contribution in [2.24, 2.45) is 4.99 Å². The molecule has 1 aromatic heterocycles. The van der Waals surface area contributed by atoms with Gasteiger partial charge in [-0.05, 0) is 47.7 Å². The van der Waals surface area contributed by atoms with E-state index in [9.17, 15) is 9.59 Å². The third-order valence-corrected chi connectivity index (χ3v) is 6.72. The van der Waals surface area contributed by atoms with Crippen molar-refractivity contribution in [2.75, 3.05) is 14.2 Å². The summed E-state index contributed by atoms with van der Waals surface area (Å²) in [6, 6.07) is 14.9. The van der Waals surface area contributed by atoms with Gasteiger partial charge in [0.1, 0.15) is 5.75 Å². The van der Waals surface area contributed by atoms with Gasteiger partial charge < -0.3 is 9.47 Å². The Labute approximate surface area is 196 Å². The largest absolute Gasteiger partial charge is 0.497 e. The molecule has 0 aliphatic carbocycles. The van der Waals surface area contributed by atoms with E-state index in [0.29, 0.717) is 32.3 Å². The highest BCUT2D eigenvalue weighted by Crippen LogP contribution is 2.31. The number of hydrogen-bond acceptors (Lipinski definition) is 6. The molecule has 0 saturated carbocycles. The molecule has 0 amide bonds. The molecule has 1 atom stereocenters. The van der Waals surface area contributed by atoms with Crippen molar-refractivity contribution >= 4 is 23.4 Å². The molecule has 4 rings (SSSR count). The van der Waals surface area contributed by atoms with Crippen LogP contribution in [0.4, 0.5) is 0 Å². The van der Waals surface area contributed by atoms with Gasteiger partial charge in [-0.25, -0.2) is 9.79 Å². The maximum Gasteiger partial charge on any atom is 0.338 e. The molecule has 2 aromatic carbocycles. The van der Waals surface area contributed by atoms with Crippen LogP contribution in [0.2, 0.25) is 0 Å². The summed E-state index contributed by atoms with van der Waals surface area (Å²) < 4.78 is 12.5. The normalized spacial score (nSPS) is 15.9. The van der Waals surface area contributed by atoms with E-state index in [2.05, 4.69) is 18.8 Å². The molecule has 0 spiro atoms. The average molecular weight is 463 g/mol. The third-order valence-electron chi connectivity index (χ3n) is 5.74. The van der Waals surface area contributed by atoms with Gasteiger partial charge in [0.25, 0.3) is 5.56 Å². The second-order valence-corrected chi connectivity index (χ2v) is 9.18. The highest BCUT2D eigenvalue weighted by molar-refractivity contribution is 7.07. The van der Waals surface area contributed by atoms with Crippen LogP contribution in [0.5, 0.6) is 5.75 Å². The lowest BCUT2D eigenvalue weighted by atomic mass is 9.93. The molecule has 0 fully saturated rings. The molecule has 0 radical (unpaired) electrons. The zero-order valence-electron chi connectivity index (χ0n) is 19.3.